The molecule has 1 unspecified atom stereocenters. The zero-order chi connectivity index (χ0) is 20.3. The van der Waals surface area contributed by atoms with E-state index < -0.39 is 6.04 Å². The van der Waals surface area contributed by atoms with Crippen LogP contribution in [0.4, 0.5) is 5.95 Å². The molecule has 150 valence electrons. The van der Waals surface area contributed by atoms with Crippen LogP contribution in [0.15, 0.2) is 18.2 Å². The molecule has 1 aromatic heterocycles. The highest BCUT2D eigenvalue weighted by Gasteiger charge is 2.35. The predicted molar refractivity (Wildman–Crippen MR) is 103 cm³/mol. The number of nitrogens with one attached hydrogen (secondary N) is 2. The summed E-state index contributed by atoms with van der Waals surface area (Å²) in [5, 5.41) is 9.58. The Bertz CT molecular complexity index is 864. The number of amides is 2. The molecule has 1 aromatic carbocycles. The Morgan fingerprint density at radius 1 is 1.29 bits per heavy atom. The van der Waals surface area contributed by atoms with Gasteiger partial charge in [0.25, 0.3) is 0 Å². The van der Waals surface area contributed by atoms with Crippen LogP contribution in [0.3, 0.4) is 0 Å². The van der Waals surface area contributed by atoms with Crippen LogP contribution in [0, 0.1) is 5.92 Å². The van der Waals surface area contributed by atoms with Gasteiger partial charge in [0.15, 0.2) is 5.82 Å². The van der Waals surface area contributed by atoms with E-state index >= 15 is 0 Å². The van der Waals surface area contributed by atoms with Crippen molar-refractivity contribution < 1.29 is 19.1 Å². The first-order chi connectivity index (χ1) is 13.4. The molecule has 1 saturated heterocycles. The summed E-state index contributed by atoms with van der Waals surface area (Å²) in [5.74, 6) is 1.39. The van der Waals surface area contributed by atoms with Crippen LogP contribution in [0.25, 0.3) is 11.4 Å². The van der Waals surface area contributed by atoms with Gasteiger partial charge in [-0.3, -0.25) is 20.0 Å². The van der Waals surface area contributed by atoms with Crippen molar-refractivity contribution in [1.82, 2.24) is 20.1 Å². The molecule has 3 rings (SSSR count). The Morgan fingerprint density at radius 2 is 2.07 bits per heavy atom. The summed E-state index contributed by atoms with van der Waals surface area (Å²) in [7, 11) is 3.13. The summed E-state index contributed by atoms with van der Waals surface area (Å²) in [4.78, 5) is 31.0. The van der Waals surface area contributed by atoms with E-state index in [0.29, 0.717) is 35.9 Å². The molecule has 28 heavy (non-hydrogen) atoms. The van der Waals surface area contributed by atoms with Crippen molar-refractivity contribution >= 4 is 17.8 Å². The largest absolute Gasteiger partial charge is 0.497 e. The van der Waals surface area contributed by atoms with Gasteiger partial charge in [0.2, 0.25) is 17.8 Å². The van der Waals surface area contributed by atoms with E-state index in [1.807, 2.05) is 13.8 Å². The number of carbonyl (C=O) groups excluding carboxylic acids is 2. The van der Waals surface area contributed by atoms with Gasteiger partial charge in [-0.1, -0.05) is 13.8 Å². The zero-order valence-corrected chi connectivity index (χ0v) is 16.5. The first-order valence-electron chi connectivity index (χ1n) is 9.20. The molecule has 2 heterocycles. The fraction of sp³-hybridized carbons (Fsp3) is 0.474. The average molecular weight is 387 g/mol. The second kappa shape index (κ2) is 8.28. The fourth-order valence-electron chi connectivity index (χ4n) is 3.26. The molecule has 1 atom stereocenters. The fourth-order valence-corrected chi connectivity index (χ4v) is 3.26. The minimum Gasteiger partial charge on any atom is -0.497 e. The number of benzene rings is 1. The number of hydrogen-bond donors (Lipinski definition) is 2. The first kappa shape index (κ1) is 19.7. The monoisotopic (exact) mass is 387 g/mol. The number of methoxy groups -OCH3 is 2. The standard InChI is InChI=1S/C19H25N5O4/c1-11(2)18(26)24-9-5-6-14(24)17(25)21-19-20-16(22-23-19)13-8-7-12(27-3)10-15(13)28-4/h7-8,10-11,14H,5-6,9H2,1-4H3,(H2,20,21,22,23,25). The first-order valence-corrected chi connectivity index (χ1v) is 9.20. The summed E-state index contributed by atoms with van der Waals surface area (Å²) < 4.78 is 10.6. The van der Waals surface area contributed by atoms with E-state index in [0.717, 1.165) is 6.42 Å². The number of rotatable bonds is 6. The molecule has 1 aliphatic rings. The predicted octanol–water partition coefficient (Wildman–Crippen LogP) is 2.07. The Hall–Kier alpha value is -3.10. The zero-order valence-electron chi connectivity index (χ0n) is 16.5. The number of hydrogen-bond acceptors (Lipinski definition) is 6. The van der Waals surface area contributed by atoms with Crippen molar-refractivity contribution in [2.45, 2.75) is 32.7 Å². The topological polar surface area (TPSA) is 109 Å². The Labute approximate surface area is 163 Å². The molecule has 0 aliphatic carbocycles. The molecule has 0 saturated carbocycles. The lowest BCUT2D eigenvalue weighted by Gasteiger charge is -2.25. The Kier molecular flexibility index (Phi) is 5.81. The molecule has 9 nitrogen and oxygen atoms in total. The van der Waals surface area contributed by atoms with Crippen molar-refractivity contribution in [3.05, 3.63) is 18.2 Å². The summed E-state index contributed by atoms with van der Waals surface area (Å²) in [6.07, 6.45) is 1.44. The molecular weight excluding hydrogens is 362 g/mol. The number of likely N-dealkylation sites (tertiary alicyclic amines) is 1. The van der Waals surface area contributed by atoms with Crippen LogP contribution in [-0.2, 0) is 9.59 Å². The number of aromatic nitrogens is 3. The van der Waals surface area contributed by atoms with Crippen molar-refractivity contribution in [3.63, 3.8) is 0 Å². The van der Waals surface area contributed by atoms with E-state index in [1.165, 1.54) is 0 Å². The smallest absolute Gasteiger partial charge is 0.249 e. The van der Waals surface area contributed by atoms with Crippen molar-refractivity contribution in [1.29, 1.82) is 0 Å². The lowest BCUT2D eigenvalue weighted by Crippen LogP contribution is -2.44. The molecule has 2 amide bonds. The van der Waals surface area contributed by atoms with Crippen LogP contribution in [0.2, 0.25) is 0 Å². The Balaban J connectivity index is 1.74. The molecule has 2 aromatic rings. The summed E-state index contributed by atoms with van der Waals surface area (Å²) in [6.45, 7) is 4.26. The molecule has 1 aliphatic heterocycles. The Morgan fingerprint density at radius 3 is 2.75 bits per heavy atom. The average Bonchev–Trinajstić information content (AvgIpc) is 3.36. The molecule has 2 N–H and O–H groups in total. The van der Waals surface area contributed by atoms with Gasteiger partial charge in [-0.15, -0.1) is 5.10 Å². The van der Waals surface area contributed by atoms with Crippen LogP contribution < -0.4 is 14.8 Å². The van der Waals surface area contributed by atoms with Crippen LogP contribution >= 0.6 is 0 Å². The number of ether oxygens (including phenoxy) is 2. The van der Waals surface area contributed by atoms with Gasteiger partial charge in [-0.05, 0) is 25.0 Å². The maximum absolute atomic E-state index is 12.7. The van der Waals surface area contributed by atoms with Gasteiger partial charge in [-0.25, -0.2) is 0 Å². The lowest BCUT2D eigenvalue weighted by atomic mass is 10.1. The molecule has 0 spiro atoms. The molecule has 9 heteroatoms. The van der Waals surface area contributed by atoms with Crippen LogP contribution in [0.1, 0.15) is 26.7 Å². The minimum absolute atomic E-state index is 0.0173. The third-order valence-electron chi connectivity index (χ3n) is 4.72. The van der Waals surface area contributed by atoms with Crippen molar-refractivity contribution in [2.75, 3.05) is 26.1 Å². The molecule has 0 radical (unpaired) electrons. The highest BCUT2D eigenvalue weighted by Crippen LogP contribution is 2.31. The summed E-state index contributed by atoms with van der Waals surface area (Å²) in [6, 6.07) is 4.83. The van der Waals surface area contributed by atoms with Crippen molar-refractivity contribution in [3.8, 4) is 22.9 Å². The van der Waals surface area contributed by atoms with Gasteiger partial charge < -0.3 is 14.4 Å². The normalized spacial score (nSPS) is 16.3. The molecular formula is C19H25N5O4. The van der Waals surface area contributed by atoms with E-state index in [9.17, 15) is 9.59 Å². The summed E-state index contributed by atoms with van der Waals surface area (Å²) >= 11 is 0. The number of nitrogens with zero attached hydrogens (tertiary/aromatic N) is 3. The highest BCUT2D eigenvalue weighted by atomic mass is 16.5. The number of aromatic amines is 1. The second-order valence-corrected chi connectivity index (χ2v) is 6.91. The van der Waals surface area contributed by atoms with E-state index in [4.69, 9.17) is 9.47 Å². The second-order valence-electron chi connectivity index (χ2n) is 6.91. The summed E-state index contributed by atoms with van der Waals surface area (Å²) in [5.41, 5.74) is 0.689. The van der Waals surface area contributed by atoms with Gasteiger partial charge in [-0.2, -0.15) is 4.98 Å². The third-order valence-corrected chi connectivity index (χ3v) is 4.72. The van der Waals surface area contributed by atoms with Gasteiger partial charge in [0.05, 0.1) is 19.8 Å². The van der Waals surface area contributed by atoms with Crippen molar-refractivity contribution in [2.24, 2.45) is 5.92 Å². The van der Waals surface area contributed by atoms with E-state index in [2.05, 4.69) is 20.5 Å². The molecule has 0 bridgehead atoms. The minimum atomic E-state index is -0.493. The number of H-pyrrole nitrogens is 1. The van der Waals surface area contributed by atoms with Gasteiger partial charge >= 0.3 is 0 Å². The molecule has 1 fully saturated rings. The maximum Gasteiger partial charge on any atom is 0.249 e. The number of carbonyl (C=O) groups is 2. The quantitative estimate of drug-likeness (QED) is 0.785. The number of anilines is 1. The highest BCUT2D eigenvalue weighted by molar-refractivity contribution is 5.96. The van der Waals surface area contributed by atoms with Gasteiger partial charge in [0, 0.05) is 18.5 Å². The van der Waals surface area contributed by atoms with Crippen LogP contribution in [-0.4, -0.2) is 58.7 Å². The van der Waals surface area contributed by atoms with E-state index in [1.54, 1.807) is 37.3 Å². The van der Waals surface area contributed by atoms with Crippen LogP contribution in [0.5, 0.6) is 11.5 Å². The SMILES string of the molecule is COc1ccc(-c2nc(NC(=O)C3CCCN3C(=O)C(C)C)n[nH]2)c(OC)c1. The van der Waals surface area contributed by atoms with Gasteiger partial charge in [0.1, 0.15) is 17.5 Å². The van der Waals surface area contributed by atoms with E-state index in [-0.39, 0.29) is 23.7 Å². The maximum atomic E-state index is 12.7. The third kappa shape index (κ3) is 3.92. The lowest BCUT2D eigenvalue weighted by molar-refractivity contribution is -0.139.